The smallest absolute Gasteiger partial charge is 0.303 e. The van der Waals surface area contributed by atoms with Crippen LogP contribution >= 0.6 is 23.2 Å². The molecule has 2 atom stereocenters. The Labute approximate surface area is 150 Å². The molecule has 6 heteroatoms. The van der Waals surface area contributed by atoms with Gasteiger partial charge >= 0.3 is 11.9 Å². The maximum absolute atomic E-state index is 11.6. The summed E-state index contributed by atoms with van der Waals surface area (Å²) in [5, 5.41) is 1.10. The molecule has 2 unspecified atom stereocenters. The molecular weight excluding hydrogens is 351 g/mol. The van der Waals surface area contributed by atoms with E-state index in [9.17, 15) is 9.59 Å². The zero-order valence-electron chi connectivity index (χ0n) is 13.2. The van der Waals surface area contributed by atoms with Crippen molar-refractivity contribution < 1.29 is 19.1 Å². The zero-order chi connectivity index (χ0) is 17.7. The fraction of sp³-hybridized carbons (Fsp3) is 0.222. The van der Waals surface area contributed by atoms with Crippen molar-refractivity contribution in [1.29, 1.82) is 0 Å². The average molecular weight is 367 g/mol. The van der Waals surface area contributed by atoms with Crippen LogP contribution in [0.25, 0.3) is 0 Å². The SMILES string of the molecule is CC(=O)OC(c1ccc(Cl)cc1)C(OC(C)=O)c1ccc(Cl)cc1. The summed E-state index contributed by atoms with van der Waals surface area (Å²) in [4.78, 5) is 23.1. The van der Waals surface area contributed by atoms with Crippen LogP contribution in [0.15, 0.2) is 48.5 Å². The van der Waals surface area contributed by atoms with Gasteiger partial charge in [-0.15, -0.1) is 0 Å². The minimum absolute atomic E-state index is 0.485. The lowest BCUT2D eigenvalue weighted by molar-refractivity contribution is -0.166. The Morgan fingerprint density at radius 1 is 0.708 bits per heavy atom. The van der Waals surface area contributed by atoms with E-state index in [1.165, 1.54) is 13.8 Å². The summed E-state index contributed by atoms with van der Waals surface area (Å²) in [6.45, 7) is 2.60. The van der Waals surface area contributed by atoms with Crippen LogP contribution in [0.4, 0.5) is 0 Å². The number of hydrogen-bond acceptors (Lipinski definition) is 4. The quantitative estimate of drug-likeness (QED) is 0.706. The predicted molar refractivity (Wildman–Crippen MR) is 91.9 cm³/mol. The van der Waals surface area contributed by atoms with E-state index in [2.05, 4.69) is 0 Å². The molecule has 0 saturated heterocycles. The maximum atomic E-state index is 11.6. The minimum atomic E-state index is -0.801. The molecule has 0 aliphatic carbocycles. The highest BCUT2D eigenvalue weighted by molar-refractivity contribution is 6.30. The van der Waals surface area contributed by atoms with Gasteiger partial charge in [-0.2, -0.15) is 0 Å². The second kappa shape index (κ2) is 8.18. The van der Waals surface area contributed by atoms with Gasteiger partial charge in [0.1, 0.15) is 0 Å². The van der Waals surface area contributed by atoms with E-state index < -0.39 is 24.1 Å². The van der Waals surface area contributed by atoms with Gasteiger partial charge in [0.2, 0.25) is 0 Å². The fourth-order valence-electron chi connectivity index (χ4n) is 2.27. The van der Waals surface area contributed by atoms with E-state index >= 15 is 0 Å². The summed E-state index contributed by atoms with van der Waals surface area (Å²) in [5.41, 5.74) is 1.33. The maximum Gasteiger partial charge on any atom is 0.303 e. The van der Waals surface area contributed by atoms with E-state index in [1.54, 1.807) is 48.5 Å². The fourth-order valence-corrected chi connectivity index (χ4v) is 2.52. The molecule has 2 rings (SSSR count). The van der Waals surface area contributed by atoms with Gasteiger partial charge in [-0.1, -0.05) is 47.5 Å². The molecule has 0 aromatic heterocycles. The second-order valence-corrected chi connectivity index (χ2v) is 6.04. The topological polar surface area (TPSA) is 52.6 Å². The van der Waals surface area contributed by atoms with Crippen molar-refractivity contribution in [3.63, 3.8) is 0 Å². The second-order valence-electron chi connectivity index (χ2n) is 5.16. The molecule has 0 radical (unpaired) electrons. The summed E-state index contributed by atoms with van der Waals surface area (Å²) >= 11 is 11.8. The number of benzene rings is 2. The number of hydrogen-bond donors (Lipinski definition) is 0. The standard InChI is InChI=1S/C18H16Cl2O4/c1-11(21)23-17(13-3-7-15(19)8-4-13)18(24-12(2)22)14-5-9-16(20)10-6-14/h3-10,17-18H,1-2H3. The van der Waals surface area contributed by atoms with Gasteiger partial charge in [0.25, 0.3) is 0 Å². The Morgan fingerprint density at radius 3 is 1.25 bits per heavy atom. The molecule has 0 N–H and O–H groups in total. The van der Waals surface area contributed by atoms with Gasteiger partial charge in [-0.25, -0.2) is 0 Å². The normalized spacial score (nSPS) is 13.0. The molecule has 0 fully saturated rings. The third kappa shape index (κ3) is 4.98. The number of rotatable bonds is 5. The van der Waals surface area contributed by atoms with Gasteiger partial charge < -0.3 is 9.47 Å². The highest BCUT2D eigenvalue weighted by atomic mass is 35.5. The number of esters is 2. The molecule has 0 saturated carbocycles. The first kappa shape index (κ1) is 18.3. The number of halogens is 2. The molecule has 126 valence electrons. The van der Waals surface area contributed by atoms with Crippen LogP contribution < -0.4 is 0 Å². The van der Waals surface area contributed by atoms with Crippen LogP contribution in [-0.4, -0.2) is 11.9 Å². The third-order valence-corrected chi connectivity index (χ3v) is 3.76. The highest BCUT2D eigenvalue weighted by Gasteiger charge is 2.30. The molecule has 0 aliphatic heterocycles. The van der Waals surface area contributed by atoms with Crippen LogP contribution in [-0.2, 0) is 19.1 Å². The first-order chi connectivity index (χ1) is 11.4. The summed E-state index contributed by atoms with van der Waals surface area (Å²) in [5.74, 6) is -0.970. The Morgan fingerprint density at radius 2 is 1.00 bits per heavy atom. The molecule has 2 aromatic rings. The Hall–Kier alpha value is -2.04. The van der Waals surface area contributed by atoms with Crippen LogP contribution in [0.2, 0.25) is 10.0 Å². The van der Waals surface area contributed by atoms with Crippen molar-refractivity contribution in [3.05, 3.63) is 69.7 Å². The third-order valence-electron chi connectivity index (χ3n) is 3.26. The van der Waals surface area contributed by atoms with Crippen molar-refractivity contribution >= 4 is 35.1 Å². The zero-order valence-corrected chi connectivity index (χ0v) is 14.7. The largest absolute Gasteiger partial charge is 0.453 e. The van der Waals surface area contributed by atoms with Crippen molar-refractivity contribution in [2.75, 3.05) is 0 Å². The van der Waals surface area contributed by atoms with Crippen molar-refractivity contribution in [2.45, 2.75) is 26.1 Å². The van der Waals surface area contributed by atoms with E-state index in [-0.39, 0.29) is 0 Å². The molecule has 2 aromatic carbocycles. The lowest BCUT2D eigenvalue weighted by atomic mass is 9.98. The van der Waals surface area contributed by atoms with E-state index in [0.29, 0.717) is 21.2 Å². The molecule has 0 aliphatic rings. The van der Waals surface area contributed by atoms with Gasteiger partial charge in [0.05, 0.1) is 0 Å². The first-order valence-corrected chi connectivity index (χ1v) is 7.98. The first-order valence-electron chi connectivity index (χ1n) is 7.22. The van der Waals surface area contributed by atoms with E-state index in [0.717, 1.165) is 0 Å². The Kier molecular flexibility index (Phi) is 6.23. The van der Waals surface area contributed by atoms with Crippen LogP contribution in [0.5, 0.6) is 0 Å². The van der Waals surface area contributed by atoms with Gasteiger partial charge in [0.15, 0.2) is 12.2 Å². The number of carbonyl (C=O) groups is 2. The molecule has 4 nitrogen and oxygen atoms in total. The molecule has 0 bridgehead atoms. The molecule has 0 spiro atoms. The lowest BCUT2D eigenvalue weighted by Gasteiger charge is -2.27. The Bertz CT molecular complexity index is 647. The van der Waals surface area contributed by atoms with Crippen LogP contribution in [0.1, 0.15) is 37.2 Å². The van der Waals surface area contributed by atoms with E-state index in [1.807, 2.05) is 0 Å². The van der Waals surface area contributed by atoms with E-state index in [4.69, 9.17) is 32.7 Å². The highest BCUT2D eigenvalue weighted by Crippen LogP contribution is 2.36. The van der Waals surface area contributed by atoms with Crippen LogP contribution in [0, 0.1) is 0 Å². The summed E-state index contributed by atoms with van der Waals surface area (Å²) in [6, 6.07) is 13.6. The van der Waals surface area contributed by atoms with Crippen molar-refractivity contribution in [3.8, 4) is 0 Å². The van der Waals surface area contributed by atoms with Gasteiger partial charge in [0, 0.05) is 23.9 Å². The molecule has 0 amide bonds. The minimum Gasteiger partial charge on any atom is -0.453 e. The number of carbonyl (C=O) groups excluding carboxylic acids is 2. The average Bonchev–Trinajstić information content (AvgIpc) is 2.52. The van der Waals surface area contributed by atoms with Gasteiger partial charge in [-0.05, 0) is 35.4 Å². The molecule has 0 heterocycles. The summed E-state index contributed by atoms with van der Waals surface area (Å²) < 4.78 is 10.9. The molecular formula is C18H16Cl2O4. The predicted octanol–water partition coefficient (Wildman–Crippen LogP) is 4.90. The van der Waals surface area contributed by atoms with Crippen molar-refractivity contribution in [2.24, 2.45) is 0 Å². The van der Waals surface area contributed by atoms with Crippen molar-refractivity contribution in [1.82, 2.24) is 0 Å². The van der Waals surface area contributed by atoms with Crippen LogP contribution in [0.3, 0.4) is 0 Å². The lowest BCUT2D eigenvalue weighted by Crippen LogP contribution is -2.21. The summed E-state index contributed by atoms with van der Waals surface area (Å²) in [6.07, 6.45) is -1.60. The molecule has 24 heavy (non-hydrogen) atoms. The Balaban J connectivity index is 2.46. The van der Waals surface area contributed by atoms with Gasteiger partial charge in [-0.3, -0.25) is 9.59 Å². The monoisotopic (exact) mass is 366 g/mol. The summed E-state index contributed by atoms with van der Waals surface area (Å²) in [7, 11) is 0. The number of ether oxygens (including phenoxy) is 2.